The molecule has 0 saturated heterocycles. The van der Waals surface area contributed by atoms with Crippen LogP contribution in [0, 0.1) is 0 Å². The number of alkyl halides is 1. The van der Waals surface area contributed by atoms with Gasteiger partial charge < -0.3 is 10.0 Å². The molecule has 1 aliphatic carbocycles. The fourth-order valence-electron chi connectivity index (χ4n) is 2.89. The highest BCUT2D eigenvalue weighted by atomic mass is 32.1. The number of halogens is 1. The molecule has 1 amide bonds. The first-order valence-corrected chi connectivity index (χ1v) is 7.60. The van der Waals surface area contributed by atoms with Crippen molar-refractivity contribution in [2.75, 3.05) is 0 Å². The van der Waals surface area contributed by atoms with E-state index in [1.165, 1.54) is 21.7 Å². The molecule has 0 spiro atoms. The Kier molecular flexibility index (Phi) is 4.00. The first-order chi connectivity index (χ1) is 9.24. The number of carbonyl (C=O) groups is 1. The number of hydrogen-bond donors (Lipinski definition) is 1. The highest BCUT2D eigenvalue weighted by Gasteiger charge is 2.43. The van der Waals surface area contributed by atoms with E-state index in [1.54, 1.807) is 0 Å². The molecule has 0 radical (unpaired) electrons. The van der Waals surface area contributed by atoms with Gasteiger partial charge in [0.05, 0.1) is 0 Å². The van der Waals surface area contributed by atoms with Crippen LogP contribution >= 0.6 is 11.3 Å². The molecule has 0 atom stereocenters. The van der Waals surface area contributed by atoms with Gasteiger partial charge in [0.15, 0.2) is 10.7 Å². The second-order valence-electron chi connectivity index (χ2n) is 6.26. The highest BCUT2D eigenvalue weighted by Crippen LogP contribution is 2.43. The molecule has 0 aliphatic heterocycles. The third kappa shape index (κ3) is 2.92. The van der Waals surface area contributed by atoms with Crippen LogP contribution in [-0.4, -0.2) is 37.9 Å². The molecule has 0 bridgehead atoms. The molecule has 0 aromatic carbocycles. The lowest BCUT2D eigenvalue weighted by Crippen LogP contribution is -2.53. The molecular weight excluding hydrogens is 281 g/mol. The molecule has 1 fully saturated rings. The van der Waals surface area contributed by atoms with Crippen LogP contribution in [0.4, 0.5) is 9.18 Å². The third-order valence-corrected chi connectivity index (χ3v) is 4.66. The predicted molar refractivity (Wildman–Crippen MR) is 74.6 cm³/mol. The summed E-state index contributed by atoms with van der Waals surface area (Å²) in [6.45, 7) is 5.59. The maximum Gasteiger partial charge on any atom is 0.407 e. The van der Waals surface area contributed by atoms with Crippen molar-refractivity contribution in [3.8, 4) is 0 Å². The molecule has 112 valence electrons. The summed E-state index contributed by atoms with van der Waals surface area (Å²) in [6, 6.07) is -0.135. The number of carboxylic acid groups (broad SMARTS) is 1. The van der Waals surface area contributed by atoms with Crippen LogP contribution in [0.2, 0.25) is 0 Å². The van der Waals surface area contributed by atoms with E-state index in [1.807, 2.05) is 20.8 Å². The van der Waals surface area contributed by atoms with Crippen molar-refractivity contribution in [3.05, 3.63) is 10.5 Å². The summed E-state index contributed by atoms with van der Waals surface area (Å²) in [5.74, 6) is 0. The first-order valence-electron chi connectivity index (χ1n) is 6.72. The Bertz CT molecular complexity index is 464. The topological polar surface area (TPSA) is 66.3 Å². The lowest BCUT2D eigenvalue weighted by molar-refractivity contribution is 0.0170. The van der Waals surface area contributed by atoms with E-state index >= 15 is 0 Å². The Morgan fingerprint density at radius 1 is 1.50 bits per heavy atom. The average Bonchev–Trinajstić information content (AvgIpc) is 2.84. The quantitative estimate of drug-likeness (QED) is 0.909. The average molecular weight is 301 g/mol. The number of rotatable bonds is 2. The third-order valence-electron chi connectivity index (χ3n) is 3.78. The number of amides is 1. The summed E-state index contributed by atoms with van der Waals surface area (Å²) in [7, 11) is 0. The number of nitrogens with zero attached hydrogens (tertiary/aromatic N) is 3. The van der Waals surface area contributed by atoms with Crippen molar-refractivity contribution in [1.29, 1.82) is 0 Å². The Hall–Kier alpha value is -1.24. The predicted octanol–water partition coefficient (Wildman–Crippen LogP) is 3.42. The van der Waals surface area contributed by atoms with Gasteiger partial charge in [-0.05, 0) is 46.5 Å². The fraction of sp³-hybridized carbons (Fsp3) is 0.769. The largest absolute Gasteiger partial charge is 0.465 e. The summed E-state index contributed by atoms with van der Waals surface area (Å²) in [6.07, 6.45) is 0.684. The van der Waals surface area contributed by atoms with Crippen molar-refractivity contribution in [1.82, 2.24) is 15.1 Å². The number of aromatic nitrogens is 2. The van der Waals surface area contributed by atoms with Gasteiger partial charge >= 0.3 is 6.09 Å². The van der Waals surface area contributed by atoms with Crippen molar-refractivity contribution < 1.29 is 14.3 Å². The maximum atomic E-state index is 14.8. The maximum absolute atomic E-state index is 14.8. The van der Waals surface area contributed by atoms with E-state index in [0.29, 0.717) is 30.7 Å². The van der Waals surface area contributed by atoms with E-state index in [9.17, 15) is 14.3 Å². The zero-order valence-corrected chi connectivity index (χ0v) is 12.8. The van der Waals surface area contributed by atoms with Gasteiger partial charge in [-0.25, -0.2) is 9.18 Å². The molecule has 1 saturated carbocycles. The zero-order chi connectivity index (χ0) is 15.0. The van der Waals surface area contributed by atoms with Crippen molar-refractivity contribution in [2.24, 2.45) is 0 Å². The van der Waals surface area contributed by atoms with E-state index in [0.717, 1.165) is 0 Å². The molecule has 1 N–H and O–H groups in total. The van der Waals surface area contributed by atoms with Gasteiger partial charge in [0.25, 0.3) is 0 Å². The van der Waals surface area contributed by atoms with Crippen molar-refractivity contribution >= 4 is 17.4 Å². The number of hydrogen-bond acceptors (Lipinski definition) is 4. The molecule has 1 aromatic rings. The van der Waals surface area contributed by atoms with Crippen LogP contribution in [0.15, 0.2) is 5.51 Å². The molecule has 1 aromatic heterocycles. The SMILES string of the molecule is CC(C)(C)N(C(=O)O)C1CCC(F)(c2nncs2)CC1. The second-order valence-corrected chi connectivity index (χ2v) is 7.10. The molecular formula is C13H20FN3O2S. The van der Waals surface area contributed by atoms with Crippen LogP contribution in [0.1, 0.15) is 51.5 Å². The standard InChI is InChI=1S/C13H20FN3O2S/c1-12(2,3)17(11(18)19)9-4-6-13(14,7-5-9)10-16-15-8-20-10/h8-9H,4-7H2,1-3H3,(H,18,19). The molecule has 5 nitrogen and oxygen atoms in total. The molecule has 1 aliphatic rings. The minimum Gasteiger partial charge on any atom is -0.465 e. The van der Waals surface area contributed by atoms with E-state index in [4.69, 9.17) is 0 Å². The van der Waals surface area contributed by atoms with Gasteiger partial charge in [-0.15, -0.1) is 21.5 Å². The highest BCUT2D eigenvalue weighted by molar-refractivity contribution is 7.09. The molecule has 20 heavy (non-hydrogen) atoms. The summed E-state index contributed by atoms with van der Waals surface area (Å²) in [5, 5.41) is 17.3. The lowest BCUT2D eigenvalue weighted by atomic mass is 9.82. The summed E-state index contributed by atoms with van der Waals surface area (Å²) in [4.78, 5) is 12.9. The summed E-state index contributed by atoms with van der Waals surface area (Å²) >= 11 is 1.22. The van der Waals surface area contributed by atoms with Crippen LogP contribution in [-0.2, 0) is 5.67 Å². The first kappa shape index (κ1) is 15.2. The van der Waals surface area contributed by atoms with Crippen LogP contribution < -0.4 is 0 Å². The van der Waals surface area contributed by atoms with Gasteiger partial charge in [-0.1, -0.05) is 0 Å². The molecule has 7 heteroatoms. The van der Waals surface area contributed by atoms with Crippen LogP contribution in [0.5, 0.6) is 0 Å². The van der Waals surface area contributed by atoms with Gasteiger partial charge in [-0.2, -0.15) is 0 Å². The van der Waals surface area contributed by atoms with E-state index in [-0.39, 0.29) is 6.04 Å². The minimum absolute atomic E-state index is 0.135. The summed E-state index contributed by atoms with van der Waals surface area (Å²) < 4.78 is 14.8. The minimum atomic E-state index is -1.44. The molecule has 0 unspecified atom stereocenters. The van der Waals surface area contributed by atoms with Crippen molar-refractivity contribution in [3.63, 3.8) is 0 Å². The van der Waals surface area contributed by atoms with Gasteiger partial charge in [0, 0.05) is 11.6 Å². The van der Waals surface area contributed by atoms with Crippen LogP contribution in [0.3, 0.4) is 0 Å². The summed E-state index contributed by atoms with van der Waals surface area (Å²) in [5.41, 5.74) is -0.392. The second kappa shape index (κ2) is 5.27. The van der Waals surface area contributed by atoms with Gasteiger partial charge in [0.1, 0.15) is 5.51 Å². The fourth-order valence-corrected chi connectivity index (χ4v) is 3.60. The zero-order valence-electron chi connectivity index (χ0n) is 12.0. The monoisotopic (exact) mass is 301 g/mol. The Balaban J connectivity index is 2.09. The van der Waals surface area contributed by atoms with Crippen molar-refractivity contribution in [2.45, 2.75) is 63.7 Å². The van der Waals surface area contributed by atoms with Gasteiger partial charge in [-0.3, -0.25) is 0 Å². The Labute approximate surface area is 121 Å². The van der Waals surface area contributed by atoms with Crippen LogP contribution in [0.25, 0.3) is 0 Å². The smallest absolute Gasteiger partial charge is 0.407 e. The Morgan fingerprint density at radius 2 is 2.10 bits per heavy atom. The Morgan fingerprint density at radius 3 is 2.50 bits per heavy atom. The lowest BCUT2D eigenvalue weighted by Gasteiger charge is -2.43. The molecule has 2 rings (SSSR count). The van der Waals surface area contributed by atoms with E-state index < -0.39 is 17.3 Å². The normalized spacial score (nSPS) is 27.3. The molecule has 1 heterocycles. The van der Waals surface area contributed by atoms with E-state index in [2.05, 4.69) is 10.2 Å². The van der Waals surface area contributed by atoms with Gasteiger partial charge in [0.2, 0.25) is 0 Å².